The van der Waals surface area contributed by atoms with Crippen molar-refractivity contribution in [2.75, 3.05) is 13.6 Å². The van der Waals surface area contributed by atoms with Crippen molar-refractivity contribution in [1.82, 2.24) is 9.88 Å². The summed E-state index contributed by atoms with van der Waals surface area (Å²) in [6, 6.07) is 4.10. The molecule has 0 spiro atoms. The predicted octanol–water partition coefficient (Wildman–Crippen LogP) is 2.06. The molecule has 1 aromatic heterocycles. The minimum absolute atomic E-state index is 0.0939. The van der Waals surface area contributed by atoms with Crippen molar-refractivity contribution in [2.24, 2.45) is 5.92 Å². The highest BCUT2D eigenvalue weighted by atomic mass is 16.3. The summed E-state index contributed by atoms with van der Waals surface area (Å²) in [4.78, 5) is 6.32. The van der Waals surface area contributed by atoms with E-state index >= 15 is 0 Å². The lowest BCUT2D eigenvalue weighted by molar-refractivity contribution is 0.0502. The summed E-state index contributed by atoms with van der Waals surface area (Å²) >= 11 is 0. The van der Waals surface area contributed by atoms with Crippen LogP contribution in [0.3, 0.4) is 0 Å². The lowest BCUT2D eigenvalue weighted by atomic mass is 9.86. The molecule has 1 fully saturated rings. The van der Waals surface area contributed by atoms with Gasteiger partial charge in [0.25, 0.3) is 0 Å². The Balaban J connectivity index is 1.82. The second-order valence-corrected chi connectivity index (χ2v) is 5.16. The molecule has 0 saturated heterocycles. The van der Waals surface area contributed by atoms with Gasteiger partial charge in [0.15, 0.2) is 0 Å². The molecule has 2 atom stereocenters. The number of nitrogens with zero attached hydrogens (tertiary/aromatic N) is 2. The molecule has 94 valence electrons. The van der Waals surface area contributed by atoms with Crippen LogP contribution in [0.1, 0.15) is 31.2 Å². The van der Waals surface area contributed by atoms with Gasteiger partial charge in [-0.15, -0.1) is 0 Å². The van der Waals surface area contributed by atoms with E-state index in [0.29, 0.717) is 5.92 Å². The maximum atomic E-state index is 9.95. The lowest BCUT2D eigenvalue weighted by Gasteiger charge is -2.31. The zero-order valence-corrected chi connectivity index (χ0v) is 10.5. The third-order valence-electron chi connectivity index (χ3n) is 3.62. The van der Waals surface area contributed by atoms with Crippen LogP contribution in [0.2, 0.25) is 0 Å². The summed E-state index contributed by atoms with van der Waals surface area (Å²) in [7, 11) is 2.13. The fourth-order valence-electron chi connectivity index (χ4n) is 2.67. The molecule has 17 heavy (non-hydrogen) atoms. The third kappa shape index (κ3) is 3.79. The molecular formula is C14H22N2O. The SMILES string of the molecule is CN(Cc1ccncc1)CC1CCCCC1O. The number of aliphatic hydroxyl groups is 1. The first kappa shape index (κ1) is 12.5. The molecule has 0 amide bonds. The van der Waals surface area contributed by atoms with Crippen LogP contribution in [0.25, 0.3) is 0 Å². The highest BCUT2D eigenvalue weighted by Gasteiger charge is 2.23. The molecule has 2 unspecified atom stereocenters. The standard InChI is InChI=1S/C14H22N2O/c1-16(10-12-6-8-15-9-7-12)11-13-4-2-3-5-14(13)17/h6-9,13-14,17H,2-5,10-11H2,1H3. The first-order valence-electron chi connectivity index (χ1n) is 6.51. The Hall–Kier alpha value is -0.930. The van der Waals surface area contributed by atoms with Gasteiger partial charge >= 0.3 is 0 Å². The number of aromatic nitrogens is 1. The Morgan fingerprint density at radius 2 is 2.00 bits per heavy atom. The largest absolute Gasteiger partial charge is 0.393 e. The minimum atomic E-state index is -0.0939. The van der Waals surface area contributed by atoms with Crippen LogP contribution in [0.15, 0.2) is 24.5 Å². The van der Waals surface area contributed by atoms with Crippen molar-refractivity contribution >= 4 is 0 Å². The fraction of sp³-hybridized carbons (Fsp3) is 0.643. The number of pyridine rings is 1. The van der Waals surface area contributed by atoms with E-state index in [-0.39, 0.29) is 6.10 Å². The molecule has 3 nitrogen and oxygen atoms in total. The second kappa shape index (κ2) is 6.12. The molecular weight excluding hydrogens is 212 g/mol. The monoisotopic (exact) mass is 234 g/mol. The summed E-state index contributed by atoms with van der Waals surface area (Å²) in [5, 5.41) is 9.95. The van der Waals surface area contributed by atoms with Crippen molar-refractivity contribution in [3.63, 3.8) is 0 Å². The van der Waals surface area contributed by atoms with Gasteiger partial charge in [-0.25, -0.2) is 0 Å². The summed E-state index contributed by atoms with van der Waals surface area (Å²) in [5.41, 5.74) is 1.28. The van der Waals surface area contributed by atoms with Gasteiger partial charge in [-0.3, -0.25) is 4.98 Å². The molecule has 0 aromatic carbocycles. The van der Waals surface area contributed by atoms with Gasteiger partial charge in [-0.05, 0) is 43.5 Å². The van der Waals surface area contributed by atoms with Crippen LogP contribution in [0, 0.1) is 5.92 Å². The highest BCUT2D eigenvalue weighted by Crippen LogP contribution is 2.25. The molecule has 1 heterocycles. The van der Waals surface area contributed by atoms with E-state index in [4.69, 9.17) is 0 Å². The van der Waals surface area contributed by atoms with Crippen molar-refractivity contribution in [1.29, 1.82) is 0 Å². The summed E-state index contributed by atoms with van der Waals surface area (Å²) in [5.74, 6) is 0.454. The van der Waals surface area contributed by atoms with Crippen LogP contribution < -0.4 is 0 Å². The summed E-state index contributed by atoms with van der Waals surface area (Å²) in [6.07, 6.45) is 8.17. The zero-order chi connectivity index (χ0) is 12.1. The van der Waals surface area contributed by atoms with Crippen LogP contribution in [0.5, 0.6) is 0 Å². The van der Waals surface area contributed by atoms with E-state index < -0.39 is 0 Å². The topological polar surface area (TPSA) is 36.4 Å². The van der Waals surface area contributed by atoms with Crippen molar-refractivity contribution in [3.8, 4) is 0 Å². The number of aliphatic hydroxyl groups excluding tert-OH is 1. The van der Waals surface area contributed by atoms with Gasteiger partial charge in [0.1, 0.15) is 0 Å². The fourth-order valence-corrected chi connectivity index (χ4v) is 2.67. The highest BCUT2D eigenvalue weighted by molar-refractivity contribution is 5.09. The number of hydrogen-bond acceptors (Lipinski definition) is 3. The Morgan fingerprint density at radius 1 is 1.29 bits per heavy atom. The van der Waals surface area contributed by atoms with Crippen molar-refractivity contribution in [3.05, 3.63) is 30.1 Å². The molecule has 0 aliphatic heterocycles. The molecule has 1 aliphatic rings. The molecule has 1 N–H and O–H groups in total. The van der Waals surface area contributed by atoms with Crippen LogP contribution in [0.4, 0.5) is 0 Å². The van der Waals surface area contributed by atoms with E-state index in [1.807, 2.05) is 24.5 Å². The number of rotatable bonds is 4. The normalized spacial score (nSPS) is 25.1. The van der Waals surface area contributed by atoms with Crippen LogP contribution >= 0.6 is 0 Å². The maximum Gasteiger partial charge on any atom is 0.0580 e. The van der Waals surface area contributed by atoms with Crippen molar-refractivity contribution < 1.29 is 5.11 Å². The average molecular weight is 234 g/mol. The Morgan fingerprint density at radius 3 is 2.71 bits per heavy atom. The van der Waals surface area contributed by atoms with E-state index in [1.54, 1.807) is 0 Å². The van der Waals surface area contributed by atoms with Crippen LogP contribution in [-0.4, -0.2) is 34.7 Å². The first-order chi connectivity index (χ1) is 8.25. The van der Waals surface area contributed by atoms with Gasteiger partial charge in [0, 0.05) is 25.5 Å². The maximum absolute atomic E-state index is 9.95. The second-order valence-electron chi connectivity index (χ2n) is 5.16. The van der Waals surface area contributed by atoms with E-state index in [1.165, 1.54) is 24.8 Å². The van der Waals surface area contributed by atoms with E-state index in [0.717, 1.165) is 19.5 Å². The van der Waals surface area contributed by atoms with Gasteiger partial charge in [0.2, 0.25) is 0 Å². The van der Waals surface area contributed by atoms with Gasteiger partial charge < -0.3 is 10.0 Å². The third-order valence-corrected chi connectivity index (χ3v) is 3.62. The summed E-state index contributed by atoms with van der Waals surface area (Å²) in [6.45, 7) is 1.93. The summed E-state index contributed by atoms with van der Waals surface area (Å²) < 4.78 is 0. The minimum Gasteiger partial charge on any atom is -0.393 e. The van der Waals surface area contributed by atoms with E-state index in [2.05, 4.69) is 16.9 Å². The Kier molecular flexibility index (Phi) is 4.51. The van der Waals surface area contributed by atoms with Crippen LogP contribution in [-0.2, 0) is 6.54 Å². The Labute approximate surface area is 103 Å². The van der Waals surface area contributed by atoms with E-state index in [9.17, 15) is 5.11 Å². The predicted molar refractivity (Wildman–Crippen MR) is 68.5 cm³/mol. The average Bonchev–Trinajstić information content (AvgIpc) is 2.33. The Bertz CT molecular complexity index is 328. The van der Waals surface area contributed by atoms with Gasteiger partial charge in [0.05, 0.1) is 6.10 Å². The zero-order valence-electron chi connectivity index (χ0n) is 10.5. The quantitative estimate of drug-likeness (QED) is 0.866. The molecule has 1 aromatic rings. The molecule has 1 saturated carbocycles. The van der Waals surface area contributed by atoms with Gasteiger partial charge in [-0.1, -0.05) is 12.8 Å². The molecule has 2 rings (SSSR count). The first-order valence-corrected chi connectivity index (χ1v) is 6.51. The lowest BCUT2D eigenvalue weighted by Crippen LogP contribution is -2.34. The van der Waals surface area contributed by atoms with Gasteiger partial charge in [-0.2, -0.15) is 0 Å². The number of hydrogen-bond donors (Lipinski definition) is 1. The molecule has 0 radical (unpaired) electrons. The molecule has 3 heteroatoms. The smallest absolute Gasteiger partial charge is 0.0580 e. The molecule has 1 aliphatic carbocycles. The van der Waals surface area contributed by atoms with Crippen molar-refractivity contribution in [2.45, 2.75) is 38.3 Å². The molecule has 0 bridgehead atoms.